The quantitative estimate of drug-likeness (QED) is 0.505. The SMILES string of the molecule is COc1ccc(S(=O)(=O)N2CCCCC2)cc1CCC(=O)NCc1ccc(-n2ccnc2)cc1. The highest BCUT2D eigenvalue weighted by atomic mass is 32.2. The summed E-state index contributed by atoms with van der Waals surface area (Å²) in [5, 5.41) is 2.93. The van der Waals surface area contributed by atoms with Crippen LogP contribution < -0.4 is 10.1 Å². The van der Waals surface area contributed by atoms with Crippen LogP contribution in [-0.4, -0.2) is 48.4 Å². The smallest absolute Gasteiger partial charge is 0.243 e. The molecule has 1 aliphatic heterocycles. The molecule has 1 saturated heterocycles. The standard InChI is InChI=1S/C25H30N4O4S/c1-33-24-11-10-23(34(31,32)29-14-3-2-4-15-29)17-21(24)7-12-25(30)27-18-20-5-8-22(9-6-20)28-16-13-26-19-28/h5-6,8-11,13,16-17,19H,2-4,7,12,14-15,18H2,1H3,(H,27,30). The minimum atomic E-state index is -3.54. The summed E-state index contributed by atoms with van der Waals surface area (Å²) in [5.74, 6) is 0.477. The van der Waals surface area contributed by atoms with Crippen LogP contribution in [0, 0.1) is 0 Å². The zero-order chi connectivity index (χ0) is 24.0. The van der Waals surface area contributed by atoms with Gasteiger partial charge in [0.25, 0.3) is 0 Å². The number of nitrogens with one attached hydrogen (secondary N) is 1. The van der Waals surface area contributed by atoms with Gasteiger partial charge in [0.05, 0.1) is 18.3 Å². The number of sulfonamides is 1. The lowest BCUT2D eigenvalue weighted by Gasteiger charge is -2.26. The number of piperidine rings is 1. The Kier molecular flexibility index (Phi) is 7.64. The summed E-state index contributed by atoms with van der Waals surface area (Å²) in [6, 6.07) is 12.8. The van der Waals surface area contributed by atoms with Crippen molar-refractivity contribution in [2.45, 2.75) is 43.5 Å². The molecule has 34 heavy (non-hydrogen) atoms. The molecule has 0 atom stereocenters. The van der Waals surface area contributed by atoms with Crippen molar-refractivity contribution in [2.24, 2.45) is 0 Å². The third kappa shape index (κ3) is 5.66. The second-order valence-electron chi connectivity index (χ2n) is 8.35. The molecular weight excluding hydrogens is 452 g/mol. The fourth-order valence-electron chi connectivity index (χ4n) is 4.10. The van der Waals surface area contributed by atoms with E-state index in [2.05, 4.69) is 10.3 Å². The van der Waals surface area contributed by atoms with Crippen LogP contribution in [0.3, 0.4) is 0 Å². The van der Waals surface area contributed by atoms with Gasteiger partial charge in [-0.25, -0.2) is 13.4 Å². The van der Waals surface area contributed by atoms with Crippen molar-refractivity contribution in [1.29, 1.82) is 0 Å². The van der Waals surface area contributed by atoms with E-state index in [1.165, 1.54) is 0 Å². The average molecular weight is 483 g/mol. The Balaban J connectivity index is 1.35. The molecule has 0 spiro atoms. The number of hydrogen-bond donors (Lipinski definition) is 1. The van der Waals surface area contributed by atoms with Gasteiger partial charge in [-0.3, -0.25) is 4.79 Å². The number of carbonyl (C=O) groups excluding carboxylic acids is 1. The number of rotatable bonds is 9. The highest BCUT2D eigenvalue weighted by Gasteiger charge is 2.26. The number of carbonyl (C=O) groups is 1. The lowest BCUT2D eigenvalue weighted by Crippen LogP contribution is -2.35. The van der Waals surface area contributed by atoms with Crippen molar-refractivity contribution < 1.29 is 17.9 Å². The second-order valence-corrected chi connectivity index (χ2v) is 10.3. The van der Waals surface area contributed by atoms with E-state index < -0.39 is 10.0 Å². The molecule has 0 radical (unpaired) electrons. The Morgan fingerprint density at radius 2 is 1.85 bits per heavy atom. The Hall–Kier alpha value is -3.17. The predicted octanol–water partition coefficient (Wildman–Crippen LogP) is 3.30. The van der Waals surface area contributed by atoms with E-state index in [0.29, 0.717) is 37.4 Å². The topological polar surface area (TPSA) is 93.5 Å². The summed E-state index contributed by atoms with van der Waals surface area (Å²) in [4.78, 5) is 16.8. The van der Waals surface area contributed by atoms with Gasteiger partial charge in [0.1, 0.15) is 5.75 Å². The lowest BCUT2D eigenvalue weighted by atomic mass is 10.1. The summed E-state index contributed by atoms with van der Waals surface area (Å²) in [6.45, 7) is 1.52. The minimum absolute atomic E-state index is 0.106. The Bertz CT molecular complexity index is 1200. The van der Waals surface area contributed by atoms with Crippen molar-refractivity contribution >= 4 is 15.9 Å². The van der Waals surface area contributed by atoms with Crippen molar-refractivity contribution in [1.82, 2.24) is 19.2 Å². The third-order valence-electron chi connectivity index (χ3n) is 6.05. The van der Waals surface area contributed by atoms with Crippen LogP contribution in [0.1, 0.15) is 36.8 Å². The average Bonchev–Trinajstić information content (AvgIpc) is 3.42. The molecule has 1 fully saturated rings. The van der Waals surface area contributed by atoms with E-state index in [9.17, 15) is 13.2 Å². The van der Waals surface area contributed by atoms with Crippen LogP contribution in [0.2, 0.25) is 0 Å². The summed E-state index contributed by atoms with van der Waals surface area (Å²) < 4.78 is 34.9. The molecule has 4 rings (SSSR count). The zero-order valence-corrected chi connectivity index (χ0v) is 20.1. The summed E-state index contributed by atoms with van der Waals surface area (Å²) >= 11 is 0. The van der Waals surface area contributed by atoms with Gasteiger partial charge in [0, 0.05) is 44.1 Å². The molecule has 0 saturated carbocycles. The molecular formula is C25H30N4O4S. The number of methoxy groups -OCH3 is 1. The maximum atomic E-state index is 13.0. The van der Waals surface area contributed by atoms with E-state index in [0.717, 1.165) is 30.5 Å². The molecule has 2 heterocycles. The van der Waals surface area contributed by atoms with E-state index >= 15 is 0 Å². The molecule has 8 nitrogen and oxygen atoms in total. The van der Waals surface area contributed by atoms with Crippen molar-refractivity contribution in [3.05, 3.63) is 72.3 Å². The number of imidazole rings is 1. The predicted molar refractivity (Wildman–Crippen MR) is 129 cm³/mol. The van der Waals surface area contributed by atoms with E-state index in [4.69, 9.17) is 4.74 Å². The van der Waals surface area contributed by atoms with Gasteiger partial charge in [0.2, 0.25) is 15.9 Å². The van der Waals surface area contributed by atoms with Gasteiger partial charge in [-0.1, -0.05) is 18.6 Å². The summed E-state index contributed by atoms with van der Waals surface area (Å²) in [5.41, 5.74) is 2.70. The Morgan fingerprint density at radius 3 is 2.53 bits per heavy atom. The molecule has 3 aromatic rings. The first-order chi connectivity index (χ1) is 16.5. The molecule has 0 unspecified atom stereocenters. The molecule has 180 valence electrons. The molecule has 0 bridgehead atoms. The van der Waals surface area contributed by atoms with Crippen LogP contribution in [0.25, 0.3) is 5.69 Å². The second kappa shape index (κ2) is 10.8. The number of ether oxygens (including phenoxy) is 1. The lowest BCUT2D eigenvalue weighted by molar-refractivity contribution is -0.121. The monoisotopic (exact) mass is 482 g/mol. The maximum Gasteiger partial charge on any atom is 0.243 e. The highest BCUT2D eigenvalue weighted by molar-refractivity contribution is 7.89. The highest BCUT2D eigenvalue weighted by Crippen LogP contribution is 2.27. The molecule has 2 aromatic carbocycles. The molecule has 1 aromatic heterocycles. The number of nitrogens with zero attached hydrogens (tertiary/aromatic N) is 3. The van der Waals surface area contributed by atoms with Crippen LogP contribution in [0.15, 0.2) is 66.1 Å². The number of aryl methyl sites for hydroxylation is 1. The molecule has 9 heteroatoms. The first-order valence-electron chi connectivity index (χ1n) is 11.5. The molecule has 1 aliphatic rings. The summed E-state index contributed by atoms with van der Waals surface area (Å²) in [6.07, 6.45) is 8.78. The van der Waals surface area contributed by atoms with E-state index in [-0.39, 0.29) is 17.2 Å². The first kappa shape index (κ1) is 24.0. The van der Waals surface area contributed by atoms with Gasteiger partial charge in [-0.05, 0) is 60.7 Å². The minimum Gasteiger partial charge on any atom is -0.496 e. The number of hydrogen-bond acceptors (Lipinski definition) is 5. The van der Waals surface area contributed by atoms with E-state index in [1.54, 1.807) is 42.1 Å². The van der Waals surface area contributed by atoms with Crippen molar-refractivity contribution in [3.63, 3.8) is 0 Å². The van der Waals surface area contributed by atoms with Gasteiger partial charge in [-0.15, -0.1) is 0 Å². The van der Waals surface area contributed by atoms with Gasteiger partial charge < -0.3 is 14.6 Å². The van der Waals surface area contributed by atoms with E-state index in [1.807, 2.05) is 35.0 Å². The molecule has 1 N–H and O–H groups in total. The summed E-state index contributed by atoms with van der Waals surface area (Å²) in [7, 11) is -2.00. The molecule has 1 amide bonds. The number of aromatic nitrogens is 2. The number of amides is 1. The third-order valence-corrected chi connectivity index (χ3v) is 7.95. The van der Waals surface area contributed by atoms with Crippen LogP contribution in [-0.2, 0) is 27.8 Å². The van der Waals surface area contributed by atoms with Crippen LogP contribution in [0.5, 0.6) is 5.75 Å². The van der Waals surface area contributed by atoms with Gasteiger partial charge >= 0.3 is 0 Å². The van der Waals surface area contributed by atoms with Crippen LogP contribution in [0.4, 0.5) is 0 Å². The largest absolute Gasteiger partial charge is 0.496 e. The van der Waals surface area contributed by atoms with Crippen molar-refractivity contribution in [3.8, 4) is 11.4 Å². The number of benzene rings is 2. The Morgan fingerprint density at radius 1 is 1.09 bits per heavy atom. The first-order valence-corrected chi connectivity index (χ1v) is 12.9. The molecule has 0 aliphatic carbocycles. The van der Waals surface area contributed by atoms with Crippen LogP contribution >= 0.6 is 0 Å². The fourth-order valence-corrected chi connectivity index (χ4v) is 5.67. The normalized spacial score (nSPS) is 14.6. The Labute approximate surface area is 200 Å². The zero-order valence-electron chi connectivity index (χ0n) is 19.3. The van der Waals surface area contributed by atoms with Gasteiger partial charge in [-0.2, -0.15) is 4.31 Å². The maximum absolute atomic E-state index is 13.0. The van der Waals surface area contributed by atoms with Crippen molar-refractivity contribution in [2.75, 3.05) is 20.2 Å². The van der Waals surface area contributed by atoms with Gasteiger partial charge in [0.15, 0.2) is 0 Å². The fraction of sp³-hybridized carbons (Fsp3) is 0.360.